The molecule has 5 rings (SSSR count). The van der Waals surface area contributed by atoms with Crippen LogP contribution in [0.3, 0.4) is 0 Å². The fourth-order valence-electron chi connectivity index (χ4n) is 4.65. The van der Waals surface area contributed by atoms with Gasteiger partial charge in [0.15, 0.2) is 12.4 Å². The van der Waals surface area contributed by atoms with Crippen molar-refractivity contribution in [2.75, 3.05) is 13.7 Å². The van der Waals surface area contributed by atoms with Crippen LogP contribution in [0.1, 0.15) is 36.0 Å². The number of hydrogen-bond donors (Lipinski definition) is 1. The number of ether oxygens (including phenoxy) is 2. The molecule has 0 unspecified atom stereocenters. The number of ketones is 1. The molecule has 3 saturated carbocycles. The van der Waals surface area contributed by atoms with Gasteiger partial charge in [-0.3, -0.25) is 9.59 Å². The van der Waals surface area contributed by atoms with Crippen molar-refractivity contribution in [3.05, 3.63) is 58.6 Å². The highest BCUT2D eigenvalue weighted by Gasteiger charge is 2.68. The van der Waals surface area contributed by atoms with Gasteiger partial charge in [-0.25, -0.2) is 8.78 Å². The van der Waals surface area contributed by atoms with Crippen LogP contribution in [0.2, 0.25) is 5.02 Å². The number of rotatable bonds is 8. The van der Waals surface area contributed by atoms with Crippen LogP contribution in [0.4, 0.5) is 8.78 Å². The zero-order valence-electron chi connectivity index (χ0n) is 16.3. The van der Waals surface area contributed by atoms with Gasteiger partial charge in [-0.2, -0.15) is 0 Å². The average molecular weight is 436 g/mol. The van der Waals surface area contributed by atoms with Gasteiger partial charge < -0.3 is 14.8 Å². The minimum atomic E-state index is -0.618. The number of Topliss-reactive ketones (excluding diaryl/α,β-unsaturated/α-hetero) is 1. The molecule has 2 aromatic carbocycles. The second-order valence-electron chi connectivity index (χ2n) is 8.17. The highest BCUT2D eigenvalue weighted by molar-refractivity contribution is 6.30. The molecule has 3 fully saturated rings. The lowest BCUT2D eigenvalue weighted by Crippen LogP contribution is -2.75. The first-order valence-electron chi connectivity index (χ1n) is 9.49. The normalized spacial score (nSPS) is 23.7. The summed E-state index contributed by atoms with van der Waals surface area (Å²) in [4.78, 5) is 24.7. The maximum absolute atomic E-state index is 14.0. The first-order chi connectivity index (χ1) is 14.2. The van der Waals surface area contributed by atoms with E-state index < -0.39 is 11.6 Å². The third-order valence-corrected chi connectivity index (χ3v) is 6.12. The Morgan fingerprint density at radius 2 is 1.77 bits per heavy atom. The molecular weight excluding hydrogens is 416 g/mol. The quantitative estimate of drug-likeness (QED) is 0.627. The molecule has 0 spiro atoms. The van der Waals surface area contributed by atoms with E-state index in [0.717, 1.165) is 6.07 Å². The Balaban J connectivity index is 1.27. The van der Waals surface area contributed by atoms with Crippen molar-refractivity contribution in [3.8, 4) is 11.5 Å². The van der Waals surface area contributed by atoms with Gasteiger partial charge in [0.05, 0.1) is 17.7 Å². The Hall–Kier alpha value is -2.67. The average Bonchev–Trinajstić information content (AvgIpc) is 2.66. The van der Waals surface area contributed by atoms with Gasteiger partial charge in [-0.1, -0.05) is 11.6 Å². The number of benzene rings is 2. The molecule has 3 aliphatic rings. The van der Waals surface area contributed by atoms with Gasteiger partial charge in [0.25, 0.3) is 5.91 Å². The minimum Gasteiger partial charge on any atom is -0.497 e. The van der Waals surface area contributed by atoms with E-state index in [4.69, 9.17) is 21.1 Å². The van der Waals surface area contributed by atoms with Crippen LogP contribution in [0.15, 0.2) is 36.4 Å². The molecule has 1 N–H and O–H groups in total. The van der Waals surface area contributed by atoms with Crippen molar-refractivity contribution in [3.63, 3.8) is 0 Å². The van der Waals surface area contributed by atoms with Crippen LogP contribution in [0.25, 0.3) is 0 Å². The molecule has 0 atom stereocenters. The first-order valence-corrected chi connectivity index (χ1v) is 9.87. The second-order valence-corrected chi connectivity index (χ2v) is 8.58. The maximum Gasteiger partial charge on any atom is 0.258 e. The van der Waals surface area contributed by atoms with Crippen LogP contribution in [0.5, 0.6) is 11.5 Å². The number of nitrogens with one attached hydrogen (secondary N) is 1. The minimum absolute atomic E-state index is 0.0191. The SMILES string of the molecule is COc1ccc(F)c(C(=O)CC23CC(NC(=O)COc4ccc(Cl)c(F)c4)(C2)C3)c1. The smallest absolute Gasteiger partial charge is 0.258 e. The fraction of sp³-hybridized carbons (Fsp3) is 0.364. The molecule has 30 heavy (non-hydrogen) atoms. The number of carbonyl (C=O) groups excluding carboxylic acids is 2. The van der Waals surface area contributed by atoms with E-state index in [-0.39, 0.29) is 52.0 Å². The molecule has 1 amide bonds. The Bertz CT molecular complexity index is 1010. The molecule has 0 aliphatic heterocycles. The van der Waals surface area contributed by atoms with Gasteiger partial charge in [0, 0.05) is 18.0 Å². The van der Waals surface area contributed by atoms with Crippen molar-refractivity contribution in [1.29, 1.82) is 0 Å². The summed E-state index contributed by atoms with van der Waals surface area (Å²) in [6, 6.07) is 8.07. The molecule has 2 bridgehead atoms. The van der Waals surface area contributed by atoms with Gasteiger partial charge in [-0.05, 0) is 55.0 Å². The number of amides is 1. The molecule has 5 nitrogen and oxygen atoms in total. The third kappa shape index (κ3) is 3.86. The van der Waals surface area contributed by atoms with E-state index in [1.165, 1.54) is 37.4 Å². The molecule has 158 valence electrons. The van der Waals surface area contributed by atoms with Crippen LogP contribution >= 0.6 is 11.6 Å². The summed E-state index contributed by atoms with van der Waals surface area (Å²) in [5.74, 6) is -1.11. The zero-order chi connectivity index (χ0) is 21.5. The molecular formula is C22H20ClF2NO4. The number of methoxy groups -OCH3 is 1. The highest BCUT2D eigenvalue weighted by Crippen LogP contribution is 2.69. The summed E-state index contributed by atoms with van der Waals surface area (Å²) in [6.45, 7) is -0.246. The molecule has 8 heteroatoms. The molecule has 3 aliphatic carbocycles. The largest absolute Gasteiger partial charge is 0.497 e. The predicted octanol–water partition coefficient (Wildman–Crippen LogP) is 4.32. The van der Waals surface area contributed by atoms with Crippen LogP contribution < -0.4 is 14.8 Å². The lowest BCUT2D eigenvalue weighted by molar-refractivity contribution is -0.164. The second kappa shape index (κ2) is 7.54. The van der Waals surface area contributed by atoms with Crippen molar-refractivity contribution in [1.82, 2.24) is 5.32 Å². The van der Waals surface area contributed by atoms with Gasteiger partial charge >= 0.3 is 0 Å². The summed E-state index contributed by atoms with van der Waals surface area (Å²) in [7, 11) is 1.46. The Kier molecular flexibility index (Phi) is 5.18. The molecule has 2 aromatic rings. The van der Waals surface area contributed by atoms with Gasteiger partial charge in [0.2, 0.25) is 0 Å². The van der Waals surface area contributed by atoms with Crippen molar-refractivity contribution >= 4 is 23.3 Å². The Morgan fingerprint density at radius 1 is 1.07 bits per heavy atom. The lowest BCUT2D eigenvalue weighted by atomic mass is 9.38. The number of halogens is 3. The van der Waals surface area contributed by atoms with E-state index in [0.29, 0.717) is 25.0 Å². The van der Waals surface area contributed by atoms with Gasteiger partial charge in [-0.15, -0.1) is 0 Å². The Labute approximate surface area is 177 Å². The summed E-state index contributed by atoms with van der Waals surface area (Å²) in [5, 5.41) is 2.91. The lowest BCUT2D eigenvalue weighted by Gasteiger charge is -2.70. The van der Waals surface area contributed by atoms with Crippen molar-refractivity contribution in [2.24, 2.45) is 5.41 Å². The number of hydrogen-bond acceptors (Lipinski definition) is 4. The van der Waals surface area contributed by atoms with Gasteiger partial charge in [0.1, 0.15) is 23.1 Å². The van der Waals surface area contributed by atoms with E-state index in [9.17, 15) is 18.4 Å². The standard InChI is InChI=1S/C22H20ClF2NO4/c1-29-13-3-5-17(24)15(6-13)19(27)8-21-10-22(11-21,12-21)26-20(28)9-30-14-2-4-16(23)18(25)7-14/h2-7H,8-12H2,1H3,(H,26,28). The van der Waals surface area contributed by atoms with E-state index >= 15 is 0 Å². The van der Waals surface area contributed by atoms with E-state index in [1.54, 1.807) is 0 Å². The van der Waals surface area contributed by atoms with Crippen LogP contribution in [-0.2, 0) is 4.79 Å². The Morgan fingerprint density at radius 3 is 2.43 bits per heavy atom. The highest BCUT2D eigenvalue weighted by atomic mass is 35.5. The van der Waals surface area contributed by atoms with Crippen LogP contribution in [-0.4, -0.2) is 30.9 Å². The zero-order valence-corrected chi connectivity index (χ0v) is 17.0. The number of carbonyl (C=O) groups is 2. The van der Waals surface area contributed by atoms with Crippen LogP contribution in [0, 0.1) is 17.0 Å². The first kappa shape index (κ1) is 20.6. The third-order valence-electron chi connectivity index (χ3n) is 5.82. The van der Waals surface area contributed by atoms with E-state index in [2.05, 4.69) is 5.32 Å². The van der Waals surface area contributed by atoms with Crippen molar-refractivity contribution in [2.45, 2.75) is 31.2 Å². The maximum atomic E-state index is 14.0. The fourth-order valence-corrected chi connectivity index (χ4v) is 4.76. The molecule has 0 aromatic heterocycles. The summed E-state index contributed by atoms with van der Waals surface area (Å²) in [6.07, 6.45) is 2.23. The van der Waals surface area contributed by atoms with Crippen molar-refractivity contribution < 1.29 is 27.8 Å². The summed E-state index contributed by atoms with van der Waals surface area (Å²) in [5.41, 5.74) is -0.500. The predicted molar refractivity (Wildman–Crippen MR) is 106 cm³/mol. The monoisotopic (exact) mass is 435 g/mol. The summed E-state index contributed by atoms with van der Waals surface area (Å²) >= 11 is 5.61. The molecule has 0 heterocycles. The summed E-state index contributed by atoms with van der Waals surface area (Å²) < 4.78 is 37.8. The topological polar surface area (TPSA) is 64.6 Å². The molecule has 0 saturated heterocycles. The molecule has 0 radical (unpaired) electrons. The van der Waals surface area contributed by atoms with E-state index in [1.807, 2.05) is 0 Å².